The Morgan fingerprint density at radius 2 is 2.16 bits per heavy atom. The molecule has 0 aliphatic heterocycles. The smallest absolute Gasteiger partial charge is 0.253 e. The number of hydrogen-bond donors (Lipinski definition) is 2. The Morgan fingerprint density at radius 1 is 1.37 bits per heavy atom. The lowest BCUT2D eigenvalue weighted by Gasteiger charge is -2.08. The molecular formula is C14H14BrN3O. The summed E-state index contributed by atoms with van der Waals surface area (Å²) in [6, 6.07) is 9.06. The van der Waals surface area contributed by atoms with Gasteiger partial charge in [0.1, 0.15) is 0 Å². The third-order valence-electron chi connectivity index (χ3n) is 2.69. The van der Waals surface area contributed by atoms with Crippen molar-refractivity contribution in [2.24, 2.45) is 0 Å². The molecule has 1 amide bonds. The first kappa shape index (κ1) is 13.5. The van der Waals surface area contributed by atoms with Gasteiger partial charge in [-0.2, -0.15) is 0 Å². The van der Waals surface area contributed by atoms with Crippen LogP contribution < -0.4 is 11.1 Å². The number of halogens is 1. The number of nitrogens with zero attached hydrogens (tertiary/aromatic N) is 1. The second-order valence-electron chi connectivity index (χ2n) is 4.22. The fraction of sp³-hybridized carbons (Fsp3) is 0.143. The van der Waals surface area contributed by atoms with Crippen LogP contribution in [0.25, 0.3) is 0 Å². The minimum atomic E-state index is -0.195. The summed E-state index contributed by atoms with van der Waals surface area (Å²) < 4.78 is 0.823. The van der Waals surface area contributed by atoms with E-state index in [4.69, 9.17) is 5.73 Å². The molecule has 0 unspecified atom stereocenters. The van der Waals surface area contributed by atoms with Crippen molar-refractivity contribution in [1.29, 1.82) is 0 Å². The maximum absolute atomic E-state index is 12.0. The Bertz CT molecular complexity index is 596. The minimum absolute atomic E-state index is 0.195. The van der Waals surface area contributed by atoms with Crippen LogP contribution >= 0.6 is 15.9 Å². The van der Waals surface area contributed by atoms with Crippen molar-refractivity contribution in [2.75, 3.05) is 5.73 Å². The Morgan fingerprint density at radius 3 is 2.84 bits per heavy atom. The molecule has 0 radical (unpaired) electrons. The highest BCUT2D eigenvalue weighted by Gasteiger charge is 2.09. The monoisotopic (exact) mass is 319 g/mol. The van der Waals surface area contributed by atoms with Crippen molar-refractivity contribution in [3.8, 4) is 0 Å². The van der Waals surface area contributed by atoms with E-state index in [-0.39, 0.29) is 5.91 Å². The van der Waals surface area contributed by atoms with Gasteiger partial charge in [0.25, 0.3) is 5.91 Å². The van der Waals surface area contributed by atoms with Gasteiger partial charge in [0.2, 0.25) is 0 Å². The highest BCUT2D eigenvalue weighted by Crippen LogP contribution is 2.18. The standard InChI is InChI=1S/C14H14BrN3O/c1-9-2-3-10(7-17-9)8-18-14(19)12-6-11(15)4-5-13(12)16/h2-7H,8,16H2,1H3,(H,18,19). The van der Waals surface area contributed by atoms with Gasteiger partial charge in [0, 0.05) is 28.6 Å². The van der Waals surface area contributed by atoms with E-state index in [1.165, 1.54) is 0 Å². The van der Waals surface area contributed by atoms with E-state index in [9.17, 15) is 4.79 Å². The predicted molar refractivity (Wildman–Crippen MR) is 78.7 cm³/mol. The molecule has 1 aromatic carbocycles. The molecule has 0 saturated heterocycles. The third-order valence-corrected chi connectivity index (χ3v) is 3.18. The summed E-state index contributed by atoms with van der Waals surface area (Å²) in [4.78, 5) is 16.2. The average Bonchev–Trinajstić information content (AvgIpc) is 2.40. The van der Waals surface area contributed by atoms with E-state index in [2.05, 4.69) is 26.2 Å². The molecular weight excluding hydrogens is 306 g/mol. The number of amides is 1. The summed E-state index contributed by atoms with van der Waals surface area (Å²) in [6.07, 6.45) is 1.75. The summed E-state index contributed by atoms with van der Waals surface area (Å²) in [5.41, 5.74) is 8.61. The number of benzene rings is 1. The number of carbonyl (C=O) groups excluding carboxylic acids is 1. The van der Waals surface area contributed by atoms with E-state index in [0.29, 0.717) is 17.8 Å². The van der Waals surface area contributed by atoms with Gasteiger partial charge in [-0.1, -0.05) is 22.0 Å². The number of hydrogen-bond acceptors (Lipinski definition) is 3. The van der Waals surface area contributed by atoms with Crippen LogP contribution in [0.5, 0.6) is 0 Å². The average molecular weight is 320 g/mol. The largest absolute Gasteiger partial charge is 0.398 e. The maximum atomic E-state index is 12.0. The number of aromatic nitrogens is 1. The maximum Gasteiger partial charge on any atom is 0.253 e. The Labute approximate surface area is 120 Å². The van der Waals surface area contributed by atoms with Crippen LogP contribution in [-0.4, -0.2) is 10.9 Å². The van der Waals surface area contributed by atoms with E-state index in [1.807, 2.05) is 19.1 Å². The Kier molecular flexibility index (Phi) is 4.16. The molecule has 3 N–H and O–H groups in total. The van der Waals surface area contributed by atoms with Crippen LogP contribution in [0.1, 0.15) is 21.6 Å². The molecule has 0 aliphatic carbocycles. The quantitative estimate of drug-likeness (QED) is 0.855. The van der Waals surface area contributed by atoms with Crippen molar-refractivity contribution in [1.82, 2.24) is 10.3 Å². The second kappa shape index (κ2) is 5.84. The summed E-state index contributed by atoms with van der Waals surface area (Å²) >= 11 is 3.32. The van der Waals surface area contributed by atoms with Crippen molar-refractivity contribution in [3.05, 3.63) is 57.8 Å². The Hall–Kier alpha value is -1.88. The normalized spacial score (nSPS) is 10.2. The molecule has 5 heteroatoms. The van der Waals surface area contributed by atoms with Crippen LogP contribution in [0.15, 0.2) is 41.0 Å². The molecule has 0 aliphatic rings. The van der Waals surface area contributed by atoms with Crippen LogP contribution in [0.3, 0.4) is 0 Å². The molecule has 0 saturated carbocycles. The van der Waals surface area contributed by atoms with Crippen LogP contribution in [0.2, 0.25) is 0 Å². The summed E-state index contributed by atoms with van der Waals surface area (Å²) in [5.74, 6) is -0.195. The zero-order valence-corrected chi connectivity index (χ0v) is 12.1. The van der Waals surface area contributed by atoms with Gasteiger partial charge in [-0.15, -0.1) is 0 Å². The zero-order valence-electron chi connectivity index (χ0n) is 10.5. The van der Waals surface area contributed by atoms with Gasteiger partial charge in [-0.05, 0) is 36.8 Å². The van der Waals surface area contributed by atoms with Gasteiger partial charge in [-0.25, -0.2) is 0 Å². The van der Waals surface area contributed by atoms with Crippen molar-refractivity contribution in [2.45, 2.75) is 13.5 Å². The van der Waals surface area contributed by atoms with Crippen molar-refractivity contribution >= 4 is 27.5 Å². The third kappa shape index (κ3) is 3.54. The molecule has 0 atom stereocenters. The number of anilines is 1. The fourth-order valence-corrected chi connectivity index (χ4v) is 1.97. The zero-order chi connectivity index (χ0) is 13.8. The number of nitrogen functional groups attached to an aromatic ring is 1. The highest BCUT2D eigenvalue weighted by atomic mass is 79.9. The molecule has 0 fully saturated rings. The van der Waals surface area contributed by atoms with Gasteiger partial charge in [0.15, 0.2) is 0 Å². The first-order valence-corrected chi connectivity index (χ1v) is 6.60. The molecule has 19 heavy (non-hydrogen) atoms. The van der Waals surface area contributed by atoms with E-state index in [1.54, 1.807) is 24.4 Å². The van der Waals surface area contributed by atoms with Crippen LogP contribution in [0, 0.1) is 6.92 Å². The number of rotatable bonds is 3. The molecule has 2 aromatic rings. The summed E-state index contributed by atoms with van der Waals surface area (Å²) in [6.45, 7) is 2.35. The van der Waals surface area contributed by atoms with Gasteiger partial charge >= 0.3 is 0 Å². The van der Waals surface area contributed by atoms with E-state index < -0.39 is 0 Å². The van der Waals surface area contributed by atoms with Gasteiger partial charge in [0.05, 0.1) is 5.56 Å². The number of aryl methyl sites for hydroxylation is 1. The number of pyridine rings is 1. The fourth-order valence-electron chi connectivity index (χ4n) is 1.61. The topological polar surface area (TPSA) is 68.0 Å². The first-order chi connectivity index (χ1) is 9.06. The van der Waals surface area contributed by atoms with E-state index >= 15 is 0 Å². The lowest BCUT2D eigenvalue weighted by Crippen LogP contribution is -2.23. The molecule has 0 spiro atoms. The molecule has 1 heterocycles. The van der Waals surface area contributed by atoms with Crippen molar-refractivity contribution in [3.63, 3.8) is 0 Å². The minimum Gasteiger partial charge on any atom is -0.398 e. The van der Waals surface area contributed by atoms with Gasteiger partial charge < -0.3 is 11.1 Å². The number of carbonyl (C=O) groups is 1. The molecule has 98 valence electrons. The highest BCUT2D eigenvalue weighted by molar-refractivity contribution is 9.10. The molecule has 4 nitrogen and oxygen atoms in total. The molecule has 1 aromatic heterocycles. The Balaban J connectivity index is 2.05. The van der Waals surface area contributed by atoms with E-state index in [0.717, 1.165) is 15.7 Å². The second-order valence-corrected chi connectivity index (χ2v) is 5.14. The summed E-state index contributed by atoms with van der Waals surface area (Å²) in [5, 5.41) is 2.82. The van der Waals surface area contributed by atoms with Crippen molar-refractivity contribution < 1.29 is 4.79 Å². The molecule has 0 bridgehead atoms. The predicted octanol–water partition coefficient (Wildman–Crippen LogP) is 2.66. The van der Waals surface area contributed by atoms with Gasteiger partial charge in [-0.3, -0.25) is 9.78 Å². The number of nitrogens with one attached hydrogen (secondary N) is 1. The lowest BCUT2D eigenvalue weighted by atomic mass is 10.1. The van der Waals surface area contributed by atoms with Crippen LogP contribution in [0.4, 0.5) is 5.69 Å². The SMILES string of the molecule is Cc1ccc(CNC(=O)c2cc(Br)ccc2N)cn1. The molecule has 2 rings (SSSR count). The van der Waals surface area contributed by atoms with Crippen LogP contribution in [-0.2, 0) is 6.54 Å². The lowest BCUT2D eigenvalue weighted by molar-refractivity contribution is 0.0951. The number of nitrogens with two attached hydrogens (primary N) is 1. The summed E-state index contributed by atoms with van der Waals surface area (Å²) in [7, 11) is 0. The first-order valence-electron chi connectivity index (χ1n) is 5.81.